The number of aliphatic hydroxyl groups excluding tert-OH is 3. The molecule has 4 atom stereocenters. The Kier molecular flexibility index (Phi) is 9.58. The maximum Gasteiger partial charge on any atom is 0.128 e. The summed E-state index contributed by atoms with van der Waals surface area (Å²) < 4.78 is 24.8. The molecule has 5 N–H and O–H groups in total. The van der Waals surface area contributed by atoms with Crippen LogP contribution in [0.5, 0.6) is 34.5 Å². The molecule has 9 nitrogen and oxygen atoms in total. The average molecular weight is 669 g/mol. The van der Waals surface area contributed by atoms with E-state index >= 15 is 0 Å². The molecule has 258 valence electrons. The number of aliphatic hydroxyl groups is 3. The molecule has 1 saturated carbocycles. The zero-order chi connectivity index (χ0) is 34.1. The van der Waals surface area contributed by atoms with E-state index in [-0.39, 0.29) is 37.4 Å². The van der Waals surface area contributed by atoms with Crippen LogP contribution < -0.4 is 18.9 Å². The minimum absolute atomic E-state index is 0.0640. The van der Waals surface area contributed by atoms with E-state index in [1.54, 1.807) is 43.5 Å². The first-order valence-electron chi connectivity index (χ1n) is 17.2. The molecule has 9 heteroatoms. The van der Waals surface area contributed by atoms with Crippen molar-refractivity contribution in [3.8, 4) is 45.6 Å². The van der Waals surface area contributed by atoms with Crippen molar-refractivity contribution >= 4 is 0 Å². The van der Waals surface area contributed by atoms with Crippen molar-refractivity contribution in [2.24, 2.45) is 11.8 Å². The molecular formula is C40H44O9. The molecule has 1 aliphatic carbocycles. The fourth-order valence-electron chi connectivity index (χ4n) is 7.72. The quantitative estimate of drug-likeness (QED) is 0.130. The van der Waals surface area contributed by atoms with E-state index in [4.69, 9.17) is 18.9 Å². The molecule has 4 aromatic carbocycles. The largest absolute Gasteiger partial charge is 0.508 e. The molecule has 2 aliphatic heterocycles. The molecule has 2 heterocycles. The predicted octanol–water partition coefficient (Wildman–Crippen LogP) is 6.39. The fourth-order valence-corrected chi connectivity index (χ4v) is 7.72. The Labute approximate surface area is 286 Å². The number of benzene rings is 4. The van der Waals surface area contributed by atoms with Gasteiger partial charge in [0.05, 0.1) is 38.6 Å². The Bertz CT molecular complexity index is 1800. The maximum atomic E-state index is 12.0. The van der Waals surface area contributed by atoms with Crippen molar-refractivity contribution in [3.05, 3.63) is 94.5 Å². The second-order valence-electron chi connectivity index (χ2n) is 13.5. The Morgan fingerprint density at radius 3 is 2.29 bits per heavy atom. The first kappa shape index (κ1) is 33.1. The normalized spacial score (nSPS) is 21.7. The van der Waals surface area contributed by atoms with Crippen LogP contribution in [0.4, 0.5) is 0 Å². The van der Waals surface area contributed by atoms with Crippen LogP contribution in [0.15, 0.2) is 66.7 Å². The molecule has 1 fully saturated rings. The van der Waals surface area contributed by atoms with Crippen LogP contribution in [0.25, 0.3) is 11.1 Å². The summed E-state index contributed by atoms with van der Waals surface area (Å²) in [6.07, 6.45) is 3.94. The predicted molar refractivity (Wildman–Crippen MR) is 184 cm³/mol. The van der Waals surface area contributed by atoms with Gasteiger partial charge in [0.25, 0.3) is 0 Å². The van der Waals surface area contributed by atoms with Gasteiger partial charge in [-0.05, 0) is 109 Å². The highest BCUT2D eigenvalue weighted by Crippen LogP contribution is 2.49. The van der Waals surface area contributed by atoms with E-state index in [1.165, 1.54) is 0 Å². The lowest BCUT2D eigenvalue weighted by Crippen LogP contribution is -2.40. The van der Waals surface area contributed by atoms with Crippen LogP contribution in [-0.4, -0.2) is 58.6 Å². The van der Waals surface area contributed by atoms with E-state index in [0.29, 0.717) is 53.4 Å². The number of methoxy groups -OCH3 is 1. The van der Waals surface area contributed by atoms with Crippen molar-refractivity contribution in [3.63, 3.8) is 0 Å². The standard InChI is InChI=1S/C40H44O9/c1-46-36-20-32-37(18-24(36)7-5-13-41)47-21-34(38(32)44)35-22-48-40-26(17-30(19-33(40)39(35)45)49-29-9-2-3-10-29)14-25-16-28(43)11-12-31(25)23-6-4-8-27(42)15-23/h4,6,8,11-12,15-20,29,34-35,38-39,41-45H,2-3,5,7,9-10,13-14,21-22H2,1H3/t34-,35+,38-,39+/m0/s1. The van der Waals surface area contributed by atoms with E-state index < -0.39 is 24.0 Å². The number of hydrogen-bond donors (Lipinski definition) is 5. The number of rotatable bonds is 10. The molecule has 3 aliphatic rings. The van der Waals surface area contributed by atoms with Crippen molar-refractivity contribution in [1.29, 1.82) is 0 Å². The maximum absolute atomic E-state index is 12.0. The van der Waals surface area contributed by atoms with Gasteiger partial charge in [-0.15, -0.1) is 0 Å². The highest BCUT2D eigenvalue weighted by molar-refractivity contribution is 5.70. The van der Waals surface area contributed by atoms with Crippen LogP contribution in [0.3, 0.4) is 0 Å². The summed E-state index contributed by atoms with van der Waals surface area (Å²) >= 11 is 0. The first-order valence-corrected chi connectivity index (χ1v) is 17.2. The van der Waals surface area contributed by atoms with Gasteiger partial charge in [0, 0.05) is 41.6 Å². The van der Waals surface area contributed by atoms with Gasteiger partial charge in [0.15, 0.2) is 0 Å². The van der Waals surface area contributed by atoms with E-state index in [2.05, 4.69) is 0 Å². The van der Waals surface area contributed by atoms with Crippen molar-refractivity contribution in [2.75, 3.05) is 26.9 Å². The van der Waals surface area contributed by atoms with Gasteiger partial charge in [-0.2, -0.15) is 0 Å². The number of aryl methyl sites for hydroxylation is 1. The highest BCUT2D eigenvalue weighted by Gasteiger charge is 2.43. The molecule has 49 heavy (non-hydrogen) atoms. The van der Waals surface area contributed by atoms with Crippen LogP contribution in [-0.2, 0) is 12.8 Å². The van der Waals surface area contributed by atoms with Gasteiger partial charge in [-0.3, -0.25) is 0 Å². The third kappa shape index (κ3) is 6.75. The van der Waals surface area contributed by atoms with Crippen LogP contribution in [0, 0.1) is 11.8 Å². The van der Waals surface area contributed by atoms with Crippen LogP contribution in [0.2, 0.25) is 0 Å². The zero-order valence-electron chi connectivity index (χ0n) is 27.7. The Morgan fingerprint density at radius 2 is 1.53 bits per heavy atom. The molecule has 0 saturated heterocycles. The molecule has 4 aromatic rings. The number of phenols is 2. The topological polar surface area (TPSA) is 138 Å². The third-order valence-electron chi connectivity index (χ3n) is 10.3. The fraction of sp³-hybridized carbons (Fsp3) is 0.400. The van der Waals surface area contributed by atoms with Crippen molar-refractivity contribution in [2.45, 2.75) is 63.3 Å². The van der Waals surface area contributed by atoms with Gasteiger partial charge in [0.1, 0.15) is 34.5 Å². The molecule has 0 aromatic heterocycles. The Hall–Kier alpha value is -4.44. The molecule has 0 unspecified atom stereocenters. The first-order chi connectivity index (χ1) is 23.8. The van der Waals surface area contributed by atoms with Gasteiger partial charge < -0.3 is 44.5 Å². The molecule has 0 spiro atoms. The Morgan fingerprint density at radius 1 is 0.776 bits per heavy atom. The van der Waals surface area contributed by atoms with Gasteiger partial charge >= 0.3 is 0 Å². The summed E-state index contributed by atoms with van der Waals surface area (Å²) in [6.45, 7) is 0.423. The minimum Gasteiger partial charge on any atom is -0.508 e. The lowest BCUT2D eigenvalue weighted by molar-refractivity contribution is -0.0555. The third-order valence-corrected chi connectivity index (χ3v) is 10.3. The smallest absolute Gasteiger partial charge is 0.128 e. The number of aromatic hydroxyl groups is 2. The van der Waals surface area contributed by atoms with Gasteiger partial charge in [-0.1, -0.05) is 18.2 Å². The number of ether oxygens (including phenoxy) is 4. The van der Waals surface area contributed by atoms with Crippen LogP contribution >= 0.6 is 0 Å². The second-order valence-corrected chi connectivity index (χ2v) is 13.5. The second kappa shape index (κ2) is 14.2. The number of hydrogen-bond acceptors (Lipinski definition) is 9. The monoisotopic (exact) mass is 668 g/mol. The summed E-state index contributed by atoms with van der Waals surface area (Å²) in [5, 5.41) is 53.8. The summed E-state index contributed by atoms with van der Waals surface area (Å²) in [7, 11) is 1.58. The Balaban J connectivity index is 1.22. The summed E-state index contributed by atoms with van der Waals surface area (Å²) in [5.74, 6) is 1.74. The molecule has 0 bridgehead atoms. The summed E-state index contributed by atoms with van der Waals surface area (Å²) in [5.41, 5.74) is 5.39. The molecule has 0 radical (unpaired) electrons. The highest BCUT2D eigenvalue weighted by atomic mass is 16.5. The van der Waals surface area contributed by atoms with Crippen molar-refractivity contribution in [1.82, 2.24) is 0 Å². The van der Waals surface area contributed by atoms with Gasteiger partial charge in [0.2, 0.25) is 0 Å². The minimum atomic E-state index is -0.972. The average Bonchev–Trinajstić information content (AvgIpc) is 3.61. The van der Waals surface area contributed by atoms with Crippen molar-refractivity contribution < 1.29 is 44.5 Å². The molecule has 0 amide bonds. The number of fused-ring (bicyclic) bond motifs is 2. The SMILES string of the molecule is COc1cc2c(cc1CCCO)OC[C@@H]([C@H]1COc3c(Cc4cc(O)ccc4-c4cccc(O)c4)cc(OC4CCCC4)cc3[C@H]1O)[C@H]2O. The molecule has 7 rings (SSSR count). The van der Waals surface area contributed by atoms with Crippen LogP contribution in [0.1, 0.15) is 72.1 Å². The molecular weight excluding hydrogens is 624 g/mol. The lowest BCUT2D eigenvalue weighted by atomic mass is 9.76. The van der Waals surface area contributed by atoms with E-state index in [9.17, 15) is 25.5 Å². The van der Waals surface area contributed by atoms with E-state index in [0.717, 1.165) is 53.5 Å². The summed E-state index contributed by atoms with van der Waals surface area (Å²) in [4.78, 5) is 0. The lowest BCUT2D eigenvalue weighted by Gasteiger charge is -2.41. The van der Waals surface area contributed by atoms with Gasteiger partial charge in [-0.25, -0.2) is 0 Å². The summed E-state index contributed by atoms with van der Waals surface area (Å²) in [6, 6.07) is 19.7. The number of phenolic OH excluding ortho intramolecular Hbond substituents is 2. The zero-order valence-corrected chi connectivity index (χ0v) is 27.7. The van der Waals surface area contributed by atoms with E-state index in [1.807, 2.05) is 30.3 Å².